The molecule has 39 heavy (non-hydrogen) atoms. The third kappa shape index (κ3) is 7.70. The lowest BCUT2D eigenvalue weighted by Gasteiger charge is -2.19. The van der Waals surface area contributed by atoms with Crippen molar-refractivity contribution in [1.82, 2.24) is 0 Å². The molecule has 4 rings (SSSR count). The summed E-state index contributed by atoms with van der Waals surface area (Å²) in [7, 11) is -0.748. The largest absolute Gasteiger partial charge is 0.482 e. The summed E-state index contributed by atoms with van der Waals surface area (Å²) in [5.41, 5.74) is 0.183. The van der Waals surface area contributed by atoms with E-state index in [-0.39, 0.29) is 6.61 Å². The summed E-state index contributed by atoms with van der Waals surface area (Å²) < 4.78 is 39.1. The number of hydrogen-bond acceptors (Lipinski definition) is 4. The smallest absolute Gasteiger partial charge is 0.345 e. The highest BCUT2D eigenvalue weighted by Crippen LogP contribution is 2.33. The molecule has 0 aliphatic rings. The van der Waals surface area contributed by atoms with Gasteiger partial charge in [0.05, 0.1) is 22.5 Å². The molecule has 4 aromatic carbocycles. The van der Waals surface area contributed by atoms with Crippen molar-refractivity contribution in [2.24, 2.45) is 0 Å². The Hall–Kier alpha value is -4.59. The first-order chi connectivity index (χ1) is 18.7. The van der Waals surface area contributed by atoms with E-state index in [4.69, 9.17) is 14.7 Å². The number of esters is 1. The van der Waals surface area contributed by atoms with Crippen molar-refractivity contribution in [2.45, 2.75) is 34.1 Å². The molecule has 1 unspecified atom stereocenters. The zero-order valence-corrected chi connectivity index (χ0v) is 22.1. The van der Waals surface area contributed by atoms with Crippen molar-refractivity contribution in [2.75, 3.05) is 6.61 Å². The Bertz CT molecular complexity index is 1530. The lowest BCUT2D eigenvalue weighted by molar-refractivity contribution is -0.154. The second-order valence-electron chi connectivity index (χ2n) is 8.91. The van der Waals surface area contributed by atoms with Crippen LogP contribution in [0.25, 0.3) is 0 Å². The number of nitrogens with zero attached hydrogens (tertiary/aromatic N) is 1. The van der Waals surface area contributed by atoms with E-state index in [1.54, 1.807) is 50.2 Å². The van der Waals surface area contributed by atoms with Gasteiger partial charge in [-0.15, -0.1) is 0 Å². The van der Waals surface area contributed by atoms with Crippen LogP contribution in [0.2, 0.25) is 0 Å². The molecule has 7 heteroatoms. The second-order valence-corrected chi connectivity index (χ2v) is 10.9. The van der Waals surface area contributed by atoms with Crippen LogP contribution in [0.4, 0.5) is 8.78 Å². The Morgan fingerprint density at radius 3 is 2.03 bits per heavy atom. The molecule has 0 amide bonds. The lowest BCUT2D eigenvalue weighted by Crippen LogP contribution is -2.29. The van der Waals surface area contributed by atoms with E-state index in [2.05, 4.69) is 11.8 Å². The molecule has 0 bridgehead atoms. The Labute approximate surface area is 229 Å². The molecule has 1 atom stereocenters. The van der Waals surface area contributed by atoms with Crippen molar-refractivity contribution >= 4 is 16.9 Å². The normalized spacial score (nSPS) is 11.5. The molecule has 4 nitrogen and oxygen atoms in total. The highest BCUT2D eigenvalue weighted by molar-refractivity contribution is 7.97. The average molecular weight is 541 g/mol. The Morgan fingerprint density at radius 2 is 1.41 bits per heavy atom. The molecule has 194 valence electrons. The number of carbonyl (C=O) groups excluding carboxylic acids is 1. The highest BCUT2D eigenvalue weighted by atomic mass is 32.2. The van der Waals surface area contributed by atoms with E-state index >= 15 is 0 Å². The molecule has 0 saturated carbocycles. The van der Waals surface area contributed by atoms with Gasteiger partial charge in [0.1, 0.15) is 17.4 Å². The predicted molar refractivity (Wildman–Crippen MR) is 145 cm³/mol. The van der Waals surface area contributed by atoms with E-state index in [1.807, 2.05) is 48.5 Å². The van der Waals surface area contributed by atoms with Gasteiger partial charge in [0.15, 0.2) is 26.9 Å². The molecule has 0 spiro atoms. The number of benzene rings is 4. The molecule has 0 fully saturated rings. The van der Waals surface area contributed by atoms with Gasteiger partial charge in [-0.25, -0.2) is 13.6 Å². The van der Waals surface area contributed by atoms with Crippen molar-refractivity contribution in [1.29, 1.82) is 5.26 Å². The van der Waals surface area contributed by atoms with Gasteiger partial charge in [0.25, 0.3) is 0 Å². The summed E-state index contributed by atoms with van der Waals surface area (Å²) >= 11 is 0. The topological polar surface area (TPSA) is 59.3 Å². The van der Waals surface area contributed by atoms with Gasteiger partial charge >= 0.3 is 5.97 Å². The fraction of sp³-hybridized carbons (Fsp3) is 0.125. The van der Waals surface area contributed by atoms with Crippen molar-refractivity contribution in [3.63, 3.8) is 0 Å². The second kappa shape index (κ2) is 12.3. The van der Waals surface area contributed by atoms with Crippen molar-refractivity contribution < 1.29 is 23.0 Å². The number of halogens is 2. The quantitative estimate of drug-likeness (QED) is 0.149. The van der Waals surface area contributed by atoms with Crippen LogP contribution in [0.3, 0.4) is 0 Å². The molecular formula is C32H24F2NO3S+. The van der Waals surface area contributed by atoms with Crippen LogP contribution in [0, 0.1) is 34.8 Å². The summed E-state index contributed by atoms with van der Waals surface area (Å²) in [5.74, 6) is 4.44. The average Bonchev–Trinajstić information content (AvgIpc) is 2.92. The van der Waals surface area contributed by atoms with Gasteiger partial charge in [-0.1, -0.05) is 30.0 Å². The van der Waals surface area contributed by atoms with Crippen LogP contribution in [0.15, 0.2) is 112 Å². The van der Waals surface area contributed by atoms with E-state index in [9.17, 15) is 13.6 Å². The summed E-state index contributed by atoms with van der Waals surface area (Å²) in [5, 5.41) is 8.89. The summed E-state index contributed by atoms with van der Waals surface area (Å²) in [6, 6.07) is 28.9. The van der Waals surface area contributed by atoms with Crippen LogP contribution in [-0.4, -0.2) is 18.2 Å². The molecule has 0 N–H and O–H groups in total. The van der Waals surface area contributed by atoms with E-state index in [0.717, 1.165) is 15.9 Å². The molecular weight excluding hydrogens is 516 g/mol. The zero-order chi connectivity index (χ0) is 27.8. The third-order valence-electron chi connectivity index (χ3n) is 5.36. The fourth-order valence-corrected chi connectivity index (χ4v) is 5.73. The van der Waals surface area contributed by atoms with Crippen LogP contribution in [0.1, 0.15) is 25.0 Å². The molecule has 0 aliphatic heterocycles. The fourth-order valence-electron chi connectivity index (χ4n) is 3.62. The van der Waals surface area contributed by atoms with Gasteiger partial charge in [0.2, 0.25) is 0 Å². The van der Waals surface area contributed by atoms with Crippen LogP contribution in [0.5, 0.6) is 5.75 Å². The van der Waals surface area contributed by atoms with E-state index < -0.39 is 34.1 Å². The molecule has 0 aromatic heterocycles. The minimum Gasteiger partial charge on any atom is -0.482 e. The Balaban J connectivity index is 1.42. The highest BCUT2D eigenvalue weighted by Gasteiger charge is 2.30. The molecule has 4 aromatic rings. The monoisotopic (exact) mass is 540 g/mol. The van der Waals surface area contributed by atoms with Gasteiger partial charge in [0, 0.05) is 23.8 Å². The summed E-state index contributed by atoms with van der Waals surface area (Å²) in [4.78, 5) is 14.7. The molecule has 0 aliphatic carbocycles. The van der Waals surface area contributed by atoms with Gasteiger partial charge in [-0.3, -0.25) is 0 Å². The maximum absolute atomic E-state index is 14.0. The number of nitriles is 1. The molecule has 0 radical (unpaired) electrons. The first-order valence-electron chi connectivity index (χ1n) is 12.0. The maximum Gasteiger partial charge on any atom is 0.345 e. The zero-order valence-electron chi connectivity index (χ0n) is 21.3. The first kappa shape index (κ1) is 27.4. The SMILES string of the molecule is CC(C)(C#Cc1ccc(C#N)cc1)OC(=O)COc1ccc([S+](c2ccccc2)c2cc(F)cc(F)c2)cc1. The summed E-state index contributed by atoms with van der Waals surface area (Å²) in [6.07, 6.45) is 0. The first-order valence-corrected chi connectivity index (χ1v) is 13.2. The number of hydrogen-bond donors (Lipinski definition) is 0. The van der Waals surface area contributed by atoms with Crippen molar-refractivity contribution in [3.05, 3.63) is 120 Å². The minimum atomic E-state index is -1.05. The number of rotatable bonds is 7. The lowest BCUT2D eigenvalue weighted by atomic mass is 10.1. The number of ether oxygens (including phenoxy) is 2. The van der Waals surface area contributed by atoms with E-state index in [1.165, 1.54) is 12.1 Å². The van der Waals surface area contributed by atoms with Gasteiger partial charge in [-0.05, 0) is 74.5 Å². The third-order valence-corrected chi connectivity index (χ3v) is 7.55. The van der Waals surface area contributed by atoms with Crippen LogP contribution >= 0.6 is 0 Å². The predicted octanol–water partition coefficient (Wildman–Crippen LogP) is 6.68. The van der Waals surface area contributed by atoms with Crippen LogP contribution < -0.4 is 4.74 Å². The molecule has 0 saturated heterocycles. The van der Waals surface area contributed by atoms with Crippen molar-refractivity contribution in [3.8, 4) is 23.7 Å². The van der Waals surface area contributed by atoms with Gasteiger partial charge in [-0.2, -0.15) is 5.26 Å². The minimum absolute atomic E-state index is 0.319. The summed E-state index contributed by atoms with van der Waals surface area (Å²) in [6.45, 7) is 3.04. The Morgan fingerprint density at radius 1 is 0.821 bits per heavy atom. The Kier molecular flexibility index (Phi) is 8.66. The van der Waals surface area contributed by atoms with Gasteiger partial charge < -0.3 is 9.47 Å². The standard InChI is InChI=1S/C32H24F2NO3S/c1-32(2,17-16-23-8-10-24(21-35)11-9-23)38-31(36)22-37-27-12-14-29(15-13-27)39(28-6-4-3-5-7-28)30-19-25(33)18-26(34)20-30/h3-15,18-20H,22H2,1-2H3/q+1. The molecule has 0 heterocycles. The van der Waals surface area contributed by atoms with Crippen LogP contribution in [-0.2, 0) is 20.4 Å². The maximum atomic E-state index is 14.0. The number of carbonyl (C=O) groups is 1. The van der Waals surface area contributed by atoms with E-state index in [0.29, 0.717) is 21.8 Å².